The van der Waals surface area contributed by atoms with E-state index < -0.39 is 5.97 Å². The largest absolute Gasteiger partial charge is 0.478 e. The van der Waals surface area contributed by atoms with Crippen LogP contribution in [0.3, 0.4) is 0 Å². The minimum atomic E-state index is -0.951. The van der Waals surface area contributed by atoms with Crippen molar-refractivity contribution in [2.75, 3.05) is 0 Å². The monoisotopic (exact) mass is 370 g/mol. The van der Waals surface area contributed by atoms with Crippen molar-refractivity contribution in [3.63, 3.8) is 0 Å². The minimum Gasteiger partial charge on any atom is -0.478 e. The molecule has 0 unspecified atom stereocenters. The van der Waals surface area contributed by atoms with Crippen LogP contribution in [0.25, 0.3) is 11.3 Å². The fraction of sp³-hybridized carbons (Fsp3) is 0.0909. The Morgan fingerprint density at radius 2 is 1.71 bits per heavy atom. The summed E-state index contributed by atoms with van der Waals surface area (Å²) in [5, 5.41) is 17.8. The molecule has 0 radical (unpaired) electrons. The van der Waals surface area contributed by atoms with E-state index in [1.165, 1.54) is 0 Å². The first-order chi connectivity index (χ1) is 13.6. The summed E-state index contributed by atoms with van der Waals surface area (Å²) in [5.41, 5.74) is 5.09. The highest BCUT2D eigenvalue weighted by atomic mass is 16.4. The average Bonchev–Trinajstić information content (AvgIpc) is 3.20. The van der Waals surface area contributed by atoms with Crippen LogP contribution in [0.5, 0.6) is 0 Å². The fourth-order valence-electron chi connectivity index (χ4n) is 3.23. The molecule has 28 heavy (non-hydrogen) atoms. The molecule has 0 fully saturated rings. The van der Waals surface area contributed by atoms with E-state index in [0.29, 0.717) is 5.69 Å². The predicted molar refractivity (Wildman–Crippen MR) is 105 cm³/mol. The van der Waals surface area contributed by atoms with E-state index in [-0.39, 0.29) is 11.6 Å². The lowest BCUT2D eigenvalue weighted by molar-refractivity contribution is 0.0697. The first-order valence-corrected chi connectivity index (χ1v) is 8.84. The number of aromatic carboxylic acids is 1. The summed E-state index contributed by atoms with van der Waals surface area (Å²) in [7, 11) is 0. The van der Waals surface area contributed by atoms with Gasteiger partial charge in [0.15, 0.2) is 0 Å². The predicted octanol–water partition coefficient (Wildman–Crippen LogP) is 3.98. The number of hydrogen-bond acceptors (Lipinski definition) is 4. The number of hydrogen-bond donors (Lipinski definition) is 1. The maximum Gasteiger partial charge on any atom is 0.335 e. The third-order valence-corrected chi connectivity index (χ3v) is 4.71. The van der Waals surface area contributed by atoms with E-state index >= 15 is 0 Å². The van der Waals surface area contributed by atoms with Crippen molar-refractivity contribution in [2.45, 2.75) is 13.0 Å². The van der Waals surface area contributed by atoms with Crippen LogP contribution in [0.4, 0.5) is 0 Å². The van der Waals surface area contributed by atoms with Gasteiger partial charge >= 0.3 is 5.97 Å². The lowest BCUT2D eigenvalue weighted by Crippen LogP contribution is -2.14. The van der Waals surface area contributed by atoms with Gasteiger partial charge in [-0.05, 0) is 47.9 Å². The van der Waals surface area contributed by atoms with Crippen LogP contribution in [0.2, 0.25) is 0 Å². The molecule has 0 saturated carbocycles. The summed E-state index contributed by atoms with van der Waals surface area (Å²) in [6, 6.07) is 18.6. The van der Waals surface area contributed by atoms with Crippen LogP contribution in [0.15, 0.2) is 79.3 Å². The van der Waals surface area contributed by atoms with Crippen molar-refractivity contribution in [3.05, 3.63) is 102 Å². The van der Waals surface area contributed by atoms with Crippen LogP contribution >= 0.6 is 0 Å². The number of pyridine rings is 1. The van der Waals surface area contributed by atoms with Gasteiger partial charge in [0.1, 0.15) is 11.7 Å². The number of aromatic nitrogens is 4. The van der Waals surface area contributed by atoms with E-state index in [0.717, 1.165) is 22.3 Å². The van der Waals surface area contributed by atoms with Crippen LogP contribution in [-0.4, -0.2) is 31.1 Å². The molecule has 1 N–H and O–H groups in total. The van der Waals surface area contributed by atoms with Crippen molar-refractivity contribution in [2.24, 2.45) is 0 Å². The summed E-state index contributed by atoms with van der Waals surface area (Å²) >= 11 is 0. The summed E-state index contributed by atoms with van der Waals surface area (Å²) in [6.45, 7) is 2.08. The molecule has 138 valence electrons. The first-order valence-electron chi connectivity index (χ1n) is 8.84. The standard InChI is InChI=1S/C22H18N4O2/c1-15-4-2-3-5-19(15)21(17-10-12-23-13-11-17)26-14-20(24-25-26)16-6-8-18(9-7-16)22(27)28/h2-14,21H,1H3,(H,27,28)/t21-/m0/s1. The Balaban J connectivity index is 1.76. The Bertz CT molecular complexity index is 1100. The van der Waals surface area contributed by atoms with Crippen LogP contribution in [0, 0.1) is 6.92 Å². The Hall–Kier alpha value is -3.80. The summed E-state index contributed by atoms with van der Waals surface area (Å²) in [4.78, 5) is 15.2. The SMILES string of the molecule is Cc1ccccc1[C@H](c1ccncc1)n1cc(-c2ccc(C(=O)O)cc2)nn1. The van der Waals surface area contributed by atoms with Gasteiger partial charge in [0.25, 0.3) is 0 Å². The zero-order valence-corrected chi connectivity index (χ0v) is 15.2. The summed E-state index contributed by atoms with van der Waals surface area (Å²) < 4.78 is 1.83. The summed E-state index contributed by atoms with van der Waals surface area (Å²) in [6.07, 6.45) is 5.42. The van der Waals surface area contributed by atoms with E-state index in [2.05, 4.69) is 34.4 Å². The Labute approximate surface area is 162 Å². The van der Waals surface area contributed by atoms with Crippen LogP contribution < -0.4 is 0 Å². The van der Waals surface area contributed by atoms with Crippen molar-refractivity contribution >= 4 is 5.97 Å². The second-order valence-electron chi connectivity index (χ2n) is 6.51. The molecule has 0 aliphatic rings. The van der Waals surface area contributed by atoms with Crippen molar-refractivity contribution in [1.82, 2.24) is 20.0 Å². The van der Waals surface area contributed by atoms with Gasteiger partial charge in [0, 0.05) is 18.0 Å². The first kappa shape index (κ1) is 17.6. The highest BCUT2D eigenvalue weighted by Gasteiger charge is 2.20. The quantitative estimate of drug-likeness (QED) is 0.575. The number of rotatable bonds is 5. The zero-order valence-electron chi connectivity index (χ0n) is 15.2. The van der Waals surface area contributed by atoms with Crippen molar-refractivity contribution < 1.29 is 9.90 Å². The molecule has 6 nitrogen and oxygen atoms in total. The van der Waals surface area contributed by atoms with Gasteiger partial charge in [-0.3, -0.25) is 4.98 Å². The number of carbonyl (C=O) groups is 1. The Morgan fingerprint density at radius 3 is 2.39 bits per heavy atom. The smallest absolute Gasteiger partial charge is 0.335 e. The molecule has 1 atom stereocenters. The van der Waals surface area contributed by atoms with Gasteiger partial charge in [-0.1, -0.05) is 41.6 Å². The maximum atomic E-state index is 11.1. The third kappa shape index (κ3) is 3.40. The van der Waals surface area contributed by atoms with E-state index in [4.69, 9.17) is 5.11 Å². The molecular formula is C22H18N4O2. The highest BCUT2D eigenvalue weighted by molar-refractivity contribution is 5.88. The van der Waals surface area contributed by atoms with E-state index in [9.17, 15) is 4.79 Å². The van der Waals surface area contributed by atoms with Crippen molar-refractivity contribution in [3.8, 4) is 11.3 Å². The second kappa shape index (κ2) is 7.44. The molecule has 0 aliphatic carbocycles. The molecule has 4 rings (SSSR count). The number of benzene rings is 2. The van der Waals surface area contributed by atoms with Crippen LogP contribution in [0.1, 0.15) is 33.1 Å². The summed E-state index contributed by atoms with van der Waals surface area (Å²) in [5.74, 6) is -0.951. The van der Waals surface area contributed by atoms with Crippen LogP contribution in [-0.2, 0) is 0 Å². The third-order valence-electron chi connectivity index (χ3n) is 4.71. The Morgan fingerprint density at radius 1 is 1.00 bits per heavy atom. The van der Waals surface area contributed by atoms with Gasteiger partial charge in [-0.15, -0.1) is 5.10 Å². The average molecular weight is 370 g/mol. The molecule has 0 aliphatic heterocycles. The zero-order chi connectivity index (χ0) is 19.5. The van der Waals surface area contributed by atoms with Gasteiger partial charge in [-0.2, -0.15) is 0 Å². The molecule has 2 aromatic heterocycles. The Kier molecular flexibility index (Phi) is 4.68. The maximum absolute atomic E-state index is 11.1. The molecule has 6 heteroatoms. The topological polar surface area (TPSA) is 80.9 Å². The number of aryl methyl sites for hydroxylation is 1. The van der Waals surface area contributed by atoms with Crippen molar-refractivity contribution in [1.29, 1.82) is 0 Å². The fourth-order valence-corrected chi connectivity index (χ4v) is 3.23. The molecule has 0 spiro atoms. The number of carboxylic acid groups (broad SMARTS) is 1. The van der Waals surface area contributed by atoms with Gasteiger partial charge in [-0.25, -0.2) is 9.48 Å². The molecule has 0 amide bonds. The minimum absolute atomic E-state index is 0.135. The molecular weight excluding hydrogens is 352 g/mol. The number of carboxylic acids is 1. The molecule has 0 saturated heterocycles. The lowest BCUT2D eigenvalue weighted by atomic mass is 9.96. The number of nitrogens with zero attached hydrogens (tertiary/aromatic N) is 4. The molecule has 0 bridgehead atoms. The van der Waals surface area contributed by atoms with Gasteiger partial charge in [0.2, 0.25) is 0 Å². The lowest BCUT2D eigenvalue weighted by Gasteiger charge is -2.19. The molecule has 2 heterocycles. The highest BCUT2D eigenvalue weighted by Crippen LogP contribution is 2.29. The van der Waals surface area contributed by atoms with E-state index in [1.54, 1.807) is 36.7 Å². The molecule has 2 aromatic carbocycles. The second-order valence-corrected chi connectivity index (χ2v) is 6.51. The van der Waals surface area contributed by atoms with E-state index in [1.807, 2.05) is 35.1 Å². The molecule has 4 aromatic rings. The van der Waals surface area contributed by atoms with Gasteiger partial charge < -0.3 is 5.11 Å². The van der Waals surface area contributed by atoms with Gasteiger partial charge in [0.05, 0.1) is 11.8 Å². The normalized spacial score (nSPS) is 11.9.